The van der Waals surface area contributed by atoms with Gasteiger partial charge in [0.1, 0.15) is 0 Å². The molecule has 33 heavy (non-hydrogen) atoms. The molecule has 0 aliphatic rings. The van der Waals surface area contributed by atoms with Crippen molar-refractivity contribution in [2.75, 3.05) is 37.0 Å². The Morgan fingerprint density at radius 3 is 0.576 bits per heavy atom. The van der Waals surface area contributed by atoms with Gasteiger partial charge in [0.25, 0.3) is 0 Å². The summed E-state index contributed by atoms with van der Waals surface area (Å²) in [5.41, 5.74) is 0. The van der Waals surface area contributed by atoms with Gasteiger partial charge in [-0.2, -0.15) is 0 Å². The van der Waals surface area contributed by atoms with Gasteiger partial charge in [0.15, 0.2) is 0 Å². The first kappa shape index (κ1) is 46.7. The van der Waals surface area contributed by atoms with Crippen LogP contribution in [-0.2, 0) is 31.5 Å². The topological polar surface area (TPSA) is 51.2 Å². The first-order chi connectivity index (χ1) is 15.7. The third-order valence-corrected chi connectivity index (χ3v) is 11.7. The van der Waals surface area contributed by atoms with E-state index >= 15 is 0 Å². The summed E-state index contributed by atoms with van der Waals surface area (Å²) in [6.45, 7) is 23.7. The Bertz CT molecular complexity index is 221. The van der Waals surface area contributed by atoms with Crippen molar-refractivity contribution in [3.05, 3.63) is 0 Å². The Morgan fingerprint density at radius 1 is 0.364 bits per heavy atom. The molecule has 201 valence electrons. The van der Waals surface area contributed by atoms with Crippen molar-refractivity contribution in [1.82, 2.24) is 0 Å². The predicted octanol–water partition coefficient (Wildman–Crippen LogP) is 8.38. The summed E-state index contributed by atoms with van der Waals surface area (Å²) in [5, 5.41) is 0. The fourth-order valence-corrected chi connectivity index (χ4v) is 9.93. The van der Waals surface area contributed by atoms with Crippen LogP contribution in [0, 0.1) is 0 Å². The minimum Gasteiger partial charge on any atom is -0.545 e. The largest absolute Gasteiger partial charge is 3.00 e. The summed E-state index contributed by atoms with van der Waals surface area (Å²) >= 11 is 0. The zero-order valence-corrected chi connectivity index (χ0v) is 26.1. The molecule has 0 atom stereocenters. The van der Waals surface area contributed by atoms with E-state index in [1.807, 2.05) is 0 Å². The molecule has 0 heterocycles. The molecular formula is C27H59FeO3P2+2. The summed E-state index contributed by atoms with van der Waals surface area (Å²) < 4.78 is 0. The van der Waals surface area contributed by atoms with Crippen LogP contribution in [0.1, 0.15) is 119 Å². The van der Waals surface area contributed by atoms with E-state index in [1.165, 1.54) is 77.0 Å². The summed E-state index contributed by atoms with van der Waals surface area (Å²) in [6.07, 6.45) is 26.8. The van der Waals surface area contributed by atoms with Gasteiger partial charge in [-0.3, -0.25) is 20.4 Å². The van der Waals surface area contributed by atoms with Crippen LogP contribution in [0.3, 0.4) is 0 Å². The van der Waals surface area contributed by atoms with Gasteiger partial charge in [0.05, 0.1) is 37.0 Å². The minimum absolute atomic E-state index is 0. The molecule has 0 aromatic rings. The van der Waals surface area contributed by atoms with Crippen LogP contribution in [0.5, 0.6) is 0 Å². The van der Waals surface area contributed by atoms with E-state index < -0.39 is 0 Å². The molecule has 0 N–H and O–H groups in total. The summed E-state index contributed by atoms with van der Waals surface area (Å²) in [6, 6.07) is 0. The van der Waals surface area contributed by atoms with E-state index in [9.17, 15) is 0 Å². The first-order valence-electron chi connectivity index (χ1n) is 13.1. The smallest absolute Gasteiger partial charge is 0.545 e. The van der Waals surface area contributed by atoms with E-state index in [0.717, 1.165) is 0 Å². The van der Waals surface area contributed by atoms with Crippen LogP contribution in [0.2, 0.25) is 0 Å². The third kappa shape index (κ3) is 50.3. The van der Waals surface area contributed by atoms with Crippen molar-refractivity contribution in [2.45, 2.75) is 119 Å². The molecule has 0 rings (SSSR count). The zero-order chi connectivity index (χ0) is 25.9. The minimum atomic E-state index is 0. The van der Waals surface area contributed by atoms with Gasteiger partial charge >= 0.3 is 17.1 Å². The average molecular weight is 550 g/mol. The third-order valence-electron chi connectivity index (χ3n) is 5.30. The van der Waals surface area contributed by atoms with Crippen molar-refractivity contribution in [3.63, 3.8) is 0 Å². The van der Waals surface area contributed by atoms with Crippen LogP contribution in [0.4, 0.5) is 0 Å². The normalized spacial score (nSPS) is 9.09. The molecular weight excluding hydrogens is 490 g/mol. The predicted molar refractivity (Wildman–Crippen MR) is 156 cm³/mol. The van der Waals surface area contributed by atoms with Crippen molar-refractivity contribution in [1.29, 1.82) is 0 Å². The van der Waals surface area contributed by atoms with Crippen LogP contribution >= 0.6 is 15.8 Å². The molecule has 0 aliphatic heterocycles. The van der Waals surface area contributed by atoms with Gasteiger partial charge in [0, 0.05) is 15.8 Å². The van der Waals surface area contributed by atoms with Gasteiger partial charge in [0.2, 0.25) is 0 Å². The van der Waals surface area contributed by atoms with Crippen molar-refractivity contribution in [3.8, 4) is 0 Å². The molecule has 1 radical (unpaired) electrons. The molecule has 3 nitrogen and oxygen atoms in total. The molecule has 0 aliphatic carbocycles. The Balaban J connectivity index is -0.0000000875. The maximum atomic E-state index is 7.75. The Morgan fingerprint density at radius 2 is 0.485 bits per heavy atom. The molecule has 0 saturated heterocycles. The van der Waals surface area contributed by atoms with Crippen LogP contribution in [-0.4, -0.2) is 57.3 Å². The number of unbranched alkanes of at least 4 members (excludes halogenated alkanes) is 6. The summed E-state index contributed by atoms with van der Waals surface area (Å²) in [7, 11) is 0.135. The van der Waals surface area contributed by atoms with E-state index in [2.05, 4.69) is 61.9 Å². The molecule has 0 bridgehead atoms. The standard InChI is InChI=1S/2C12H27P.3CHO.Fe/c2*1-4-7-10-13(11-8-5-2)12-9-6-3;3*1-2;/h2*4-12H2,1-3H3;3*1H;/q;;3*-1;+3/p+2. The summed E-state index contributed by atoms with van der Waals surface area (Å²) in [4.78, 5) is 23.2. The number of hydrogen-bond acceptors (Lipinski definition) is 3. The van der Waals surface area contributed by atoms with E-state index in [1.54, 1.807) is 37.0 Å². The molecule has 6 heteroatoms. The molecule has 0 unspecified atom stereocenters. The molecule has 0 spiro atoms. The van der Waals surface area contributed by atoms with Crippen molar-refractivity contribution < 1.29 is 31.5 Å². The maximum absolute atomic E-state index is 7.75. The fraction of sp³-hybridized carbons (Fsp3) is 0.889. The Labute approximate surface area is 222 Å². The van der Waals surface area contributed by atoms with Gasteiger partial charge in [-0.1, -0.05) is 80.1 Å². The maximum Gasteiger partial charge on any atom is 3.00 e. The second kappa shape index (κ2) is 53.6. The summed E-state index contributed by atoms with van der Waals surface area (Å²) in [5.74, 6) is 0. The van der Waals surface area contributed by atoms with Crippen LogP contribution < -0.4 is 0 Å². The monoisotopic (exact) mass is 549 g/mol. The molecule has 0 saturated carbocycles. The molecule has 0 aromatic heterocycles. The Kier molecular flexibility index (Phi) is 75.9. The number of hydrogen-bond donors (Lipinski definition) is 0. The van der Waals surface area contributed by atoms with Crippen LogP contribution in [0.25, 0.3) is 0 Å². The van der Waals surface area contributed by atoms with Gasteiger partial charge in [-0.05, 0) is 38.5 Å². The fourth-order valence-electron chi connectivity index (χ4n) is 3.31. The van der Waals surface area contributed by atoms with Crippen molar-refractivity contribution >= 4 is 36.2 Å². The second-order valence-electron chi connectivity index (χ2n) is 8.12. The van der Waals surface area contributed by atoms with Gasteiger partial charge in [-0.15, -0.1) is 0 Å². The van der Waals surface area contributed by atoms with Crippen LogP contribution in [0.15, 0.2) is 0 Å². The molecule has 0 fully saturated rings. The average Bonchev–Trinajstić information content (AvgIpc) is 2.87. The SMILES string of the molecule is CCCC[PH+](CCCC)CCCC.CCCC[PH+](CCCC)CCCC.[CH-]=O.[CH-]=O.[CH-]=O.[Fe+3]. The first-order valence-corrected chi connectivity index (χ1v) is 17.3. The Hall–Kier alpha value is 0.389. The quantitative estimate of drug-likeness (QED) is 0.0747. The second-order valence-corrected chi connectivity index (χ2v) is 14.1. The van der Waals surface area contributed by atoms with Gasteiger partial charge < -0.3 is 14.4 Å². The van der Waals surface area contributed by atoms with E-state index in [4.69, 9.17) is 14.4 Å². The van der Waals surface area contributed by atoms with Gasteiger partial charge in [-0.25, -0.2) is 0 Å². The number of rotatable bonds is 18. The van der Waals surface area contributed by atoms with E-state index in [0.29, 0.717) is 0 Å². The molecule has 0 amide bonds. The van der Waals surface area contributed by atoms with Crippen molar-refractivity contribution in [2.24, 2.45) is 0 Å². The van der Waals surface area contributed by atoms with E-state index in [-0.39, 0.29) is 32.9 Å². The molecule has 0 aromatic carbocycles. The number of carbonyl (C=O) groups excluding carboxylic acids is 3. The zero-order valence-electron chi connectivity index (χ0n) is 23.0.